The molecule has 0 bridgehead atoms. The molecule has 110 valence electrons. The number of rotatable bonds is 6. The molecule has 2 rings (SSSR count). The van der Waals surface area contributed by atoms with Crippen molar-refractivity contribution in [1.82, 2.24) is 10.3 Å². The minimum atomic E-state index is 0.510. The van der Waals surface area contributed by atoms with Crippen LogP contribution in [0, 0.1) is 0 Å². The van der Waals surface area contributed by atoms with Gasteiger partial charge in [0, 0.05) is 18.4 Å². The van der Waals surface area contributed by atoms with Crippen LogP contribution in [0.1, 0.15) is 57.4 Å². The topological polar surface area (TPSA) is 24.9 Å². The molecule has 1 aliphatic carbocycles. The van der Waals surface area contributed by atoms with E-state index in [1.165, 1.54) is 50.5 Å². The molecule has 1 unspecified atom stereocenters. The van der Waals surface area contributed by atoms with Crippen LogP contribution < -0.4 is 5.32 Å². The van der Waals surface area contributed by atoms with E-state index in [4.69, 9.17) is 0 Å². The van der Waals surface area contributed by atoms with E-state index < -0.39 is 0 Å². The highest BCUT2D eigenvalue weighted by atomic mass is 14.9. The fourth-order valence-corrected chi connectivity index (χ4v) is 2.94. The van der Waals surface area contributed by atoms with Crippen LogP contribution >= 0.6 is 0 Å². The Kier molecular flexibility index (Phi) is 6.79. The maximum Gasteiger partial charge on any atom is 0.0320 e. The van der Waals surface area contributed by atoms with E-state index in [0.29, 0.717) is 6.04 Å². The van der Waals surface area contributed by atoms with Gasteiger partial charge in [-0.2, -0.15) is 0 Å². The first kappa shape index (κ1) is 15.2. The Hall–Kier alpha value is -1.15. The van der Waals surface area contributed by atoms with E-state index >= 15 is 0 Å². The summed E-state index contributed by atoms with van der Waals surface area (Å²) < 4.78 is 0. The molecule has 1 N–H and O–H groups in total. The van der Waals surface area contributed by atoms with Gasteiger partial charge in [-0.25, -0.2) is 0 Å². The summed E-state index contributed by atoms with van der Waals surface area (Å²) in [6.07, 6.45) is 16.6. The maximum atomic E-state index is 4.12. The SMILES string of the molecule is CCCNC(Cc1ccncc1)/C1=C/CCCCCC1. The predicted octanol–water partition coefficient (Wildman–Crippen LogP) is 4.27. The van der Waals surface area contributed by atoms with Crippen LogP contribution in [-0.4, -0.2) is 17.6 Å². The molecule has 0 saturated heterocycles. The third-order valence-corrected chi connectivity index (χ3v) is 4.10. The minimum absolute atomic E-state index is 0.510. The van der Waals surface area contributed by atoms with E-state index in [0.717, 1.165) is 13.0 Å². The molecule has 1 aliphatic rings. The van der Waals surface area contributed by atoms with Crippen LogP contribution in [0.5, 0.6) is 0 Å². The quantitative estimate of drug-likeness (QED) is 0.782. The summed E-state index contributed by atoms with van der Waals surface area (Å²) in [5.74, 6) is 0. The number of aromatic nitrogens is 1. The van der Waals surface area contributed by atoms with Gasteiger partial charge in [-0.05, 0) is 62.8 Å². The first-order chi connectivity index (χ1) is 9.90. The smallest absolute Gasteiger partial charge is 0.0320 e. The average molecular weight is 272 g/mol. The Morgan fingerprint density at radius 1 is 1.15 bits per heavy atom. The molecule has 0 spiro atoms. The third-order valence-electron chi connectivity index (χ3n) is 4.10. The molecule has 0 radical (unpaired) electrons. The summed E-state index contributed by atoms with van der Waals surface area (Å²) in [5.41, 5.74) is 3.02. The van der Waals surface area contributed by atoms with Crippen LogP contribution in [0.25, 0.3) is 0 Å². The second kappa shape index (κ2) is 8.91. The first-order valence-corrected chi connectivity index (χ1v) is 8.21. The molecule has 1 aromatic heterocycles. The van der Waals surface area contributed by atoms with Gasteiger partial charge in [0.05, 0.1) is 0 Å². The van der Waals surface area contributed by atoms with Gasteiger partial charge < -0.3 is 5.32 Å². The highest BCUT2D eigenvalue weighted by Gasteiger charge is 2.15. The molecule has 0 aliphatic heterocycles. The van der Waals surface area contributed by atoms with Crippen LogP contribution in [0.2, 0.25) is 0 Å². The fraction of sp³-hybridized carbons (Fsp3) is 0.611. The van der Waals surface area contributed by atoms with Crippen molar-refractivity contribution in [2.45, 2.75) is 64.3 Å². The largest absolute Gasteiger partial charge is 0.310 e. The lowest BCUT2D eigenvalue weighted by molar-refractivity contribution is 0.522. The summed E-state index contributed by atoms with van der Waals surface area (Å²) in [5, 5.41) is 3.75. The first-order valence-electron chi connectivity index (χ1n) is 8.21. The highest BCUT2D eigenvalue weighted by Crippen LogP contribution is 2.21. The van der Waals surface area contributed by atoms with Crippen molar-refractivity contribution in [3.8, 4) is 0 Å². The zero-order chi connectivity index (χ0) is 14.0. The molecule has 0 saturated carbocycles. The van der Waals surface area contributed by atoms with Gasteiger partial charge in [0.1, 0.15) is 0 Å². The number of pyridine rings is 1. The van der Waals surface area contributed by atoms with E-state index in [1.54, 1.807) is 5.57 Å². The lowest BCUT2D eigenvalue weighted by Gasteiger charge is -2.23. The van der Waals surface area contributed by atoms with Gasteiger partial charge in [-0.1, -0.05) is 31.4 Å². The Bertz CT molecular complexity index is 397. The van der Waals surface area contributed by atoms with Crippen molar-refractivity contribution in [3.63, 3.8) is 0 Å². The Morgan fingerprint density at radius 3 is 2.75 bits per heavy atom. The number of nitrogens with one attached hydrogen (secondary N) is 1. The minimum Gasteiger partial charge on any atom is -0.310 e. The summed E-state index contributed by atoms with van der Waals surface area (Å²) in [6.45, 7) is 3.34. The van der Waals surface area contributed by atoms with Crippen molar-refractivity contribution in [3.05, 3.63) is 41.7 Å². The summed E-state index contributed by atoms with van der Waals surface area (Å²) in [4.78, 5) is 4.12. The molecular formula is C18H28N2. The van der Waals surface area contributed by atoms with Gasteiger partial charge in [-0.3, -0.25) is 4.98 Å². The summed E-state index contributed by atoms with van der Waals surface area (Å²) >= 11 is 0. The Morgan fingerprint density at radius 2 is 1.95 bits per heavy atom. The molecular weight excluding hydrogens is 244 g/mol. The molecule has 1 aromatic rings. The van der Waals surface area contributed by atoms with Gasteiger partial charge in [-0.15, -0.1) is 0 Å². The highest BCUT2D eigenvalue weighted by molar-refractivity contribution is 5.19. The summed E-state index contributed by atoms with van der Waals surface area (Å²) in [7, 11) is 0. The van der Waals surface area contributed by atoms with Gasteiger partial charge in [0.25, 0.3) is 0 Å². The molecule has 2 heteroatoms. The fourth-order valence-electron chi connectivity index (χ4n) is 2.94. The molecule has 1 heterocycles. The monoisotopic (exact) mass is 272 g/mol. The van der Waals surface area contributed by atoms with Gasteiger partial charge in [0.15, 0.2) is 0 Å². The second-order valence-electron chi connectivity index (χ2n) is 5.80. The standard InChI is InChI=1S/C18H28N2/c1-2-12-20-18(15-16-10-13-19-14-11-16)17-8-6-4-3-5-7-9-17/h8,10-11,13-14,18,20H,2-7,9,12,15H2,1H3/b17-8+. The van der Waals surface area contributed by atoms with E-state index in [2.05, 4.69) is 35.4 Å². The third kappa shape index (κ3) is 5.09. The number of hydrogen-bond acceptors (Lipinski definition) is 2. The number of allylic oxidation sites excluding steroid dienone is 1. The van der Waals surface area contributed by atoms with E-state index in [9.17, 15) is 0 Å². The van der Waals surface area contributed by atoms with Gasteiger partial charge >= 0.3 is 0 Å². The second-order valence-corrected chi connectivity index (χ2v) is 5.80. The zero-order valence-electron chi connectivity index (χ0n) is 12.8. The molecule has 0 aromatic carbocycles. The van der Waals surface area contributed by atoms with E-state index in [-0.39, 0.29) is 0 Å². The molecule has 20 heavy (non-hydrogen) atoms. The Labute approximate surface area is 123 Å². The molecule has 1 atom stereocenters. The lowest BCUT2D eigenvalue weighted by atomic mass is 9.91. The van der Waals surface area contributed by atoms with Crippen molar-refractivity contribution >= 4 is 0 Å². The molecule has 0 fully saturated rings. The van der Waals surface area contributed by atoms with Crippen LogP contribution in [0.3, 0.4) is 0 Å². The summed E-state index contributed by atoms with van der Waals surface area (Å²) in [6, 6.07) is 4.80. The Balaban J connectivity index is 2.04. The van der Waals surface area contributed by atoms with Crippen molar-refractivity contribution in [1.29, 1.82) is 0 Å². The van der Waals surface area contributed by atoms with Gasteiger partial charge in [0.2, 0.25) is 0 Å². The molecule has 2 nitrogen and oxygen atoms in total. The lowest BCUT2D eigenvalue weighted by Crippen LogP contribution is -2.34. The van der Waals surface area contributed by atoms with Crippen molar-refractivity contribution < 1.29 is 0 Å². The van der Waals surface area contributed by atoms with Crippen LogP contribution in [0.15, 0.2) is 36.2 Å². The predicted molar refractivity (Wildman–Crippen MR) is 85.8 cm³/mol. The average Bonchev–Trinajstić information content (AvgIpc) is 2.45. The number of hydrogen-bond donors (Lipinski definition) is 1. The van der Waals surface area contributed by atoms with Crippen LogP contribution in [0.4, 0.5) is 0 Å². The number of nitrogens with zero attached hydrogens (tertiary/aromatic N) is 1. The zero-order valence-corrected chi connectivity index (χ0v) is 12.8. The van der Waals surface area contributed by atoms with Crippen LogP contribution in [-0.2, 0) is 6.42 Å². The maximum absolute atomic E-state index is 4.12. The molecule has 0 amide bonds. The normalized spacial score (nSPS) is 20.6. The van der Waals surface area contributed by atoms with E-state index in [1.807, 2.05) is 12.4 Å². The van der Waals surface area contributed by atoms with Crippen molar-refractivity contribution in [2.24, 2.45) is 0 Å². The van der Waals surface area contributed by atoms with Crippen molar-refractivity contribution in [2.75, 3.05) is 6.54 Å².